The van der Waals surface area contributed by atoms with Crippen LogP contribution in [0.2, 0.25) is 0 Å². The number of benzene rings is 2. The fourth-order valence-electron chi connectivity index (χ4n) is 3.46. The highest BCUT2D eigenvalue weighted by Crippen LogP contribution is 2.31. The molecule has 1 aliphatic rings. The van der Waals surface area contributed by atoms with Crippen LogP contribution in [0.3, 0.4) is 0 Å². The van der Waals surface area contributed by atoms with Crippen molar-refractivity contribution in [3.05, 3.63) is 59.2 Å². The molecule has 0 saturated heterocycles. The van der Waals surface area contributed by atoms with Gasteiger partial charge in [-0.2, -0.15) is 0 Å². The maximum absolute atomic E-state index is 5.44. The van der Waals surface area contributed by atoms with Gasteiger partial charge < -0.3 is 15.5 Å². The Bertz CT molecular complexity index is 757. The largest absolute Gasteiger partial charge is 0.368 e. The molecule has 3 rings (SSSR count). The summed E-state index contributed by atoms with van der Waals surface area (Å²) in [6.45, 7) is 8.42. The average molecular weight is 354 g/mol. The second-order valence-electron chi connectivity index (χ2n) is 6.93. The predicted octanol–water partition coefficient (Wildman–Crippen LogP) is 4.43. The van der Waals surface area contributed by atoms with E-state index in [-0.39, 0.29) is 0 Å². The summed E-state index contributed by atoms with van der Waals surface area (Å²) in [4.78, 5) is 2.51. The van der Waals surface area contributed by atoms with Gasteiger partial charge in [-0.15, -0.1) is 0 Å². The number of anilines is 2. The zero-order chi connectivity index (χ0) is 17.8. The molecular formula is C21H27N3S. The second-order valence-corrected chi connectivity index (χ2v) is 7.34. The minimum Gasteiger partial charge on any atom is -0.368 e. The van der Waals surface area contributed by atoms with Gasteiger partial charge in [-0.05, 0) is 74.7 Å². The lowest BCUT2D eigenvalue weighted by molar-refractivity contribution is 0.641. The van der Waals surface area contributed by atoms with Crippen molar-refractivity contribution >= 4 is 28.7 Å². The first-order chi connectivity index (χ1) is 12.0. The van der Waals surface area contributed by atoms with Crippen LogP contribution in [-0.2, 0) is 6.42 Å². The van der Waals surface area contributed by atoms with Crippen molar-refractivity contribution < 1.29 is 0 Å². The summed E-state index contributed by atoms with van der Waals surface area (Å²) in [7, 11) is 0. The molecule has 1 heterocycles. The molecule has 0 radical (unpaired) electrons. The first-order valence-electron chi connectivity index (χ1n) is 9.01. The molecule has 3 nitrogen and oxygen atoms in total. The monoisotopic (exact) mass is 353 g/mol. The summed E-state index contributed by atoms with van der Waals surface area (Å²) in [6.07, 6.45) is 2.21. The Hall–Kier alpha value is -2.07. The lowest BCUT2D eigenvalue weighted by atomic mass is 10.1. The van der Waals surface area contributed by atoms with Gasteiger partial charge in [-0.25, -0.2) is 0 Å². The predicted molar refractivity (Wildman–Crippen MR) is 112 cm³/mol. The normalized spacial score (nSPS) is 15.8. The lowest BCUT2D eigenvalue weighted by Crippen LogP contribution is -2.34. The summed E-state index contributed by atoms with van der Waals surface area (Å²) in [5, 5.41) is 7.34. The quantitative estimate of drug-likeness (QED) is 0.614. The minimum absolute atomic E-state index is 0.581. The molecule has 0 saturated carbocycles. The van der Waals surface area contributed by atoms with Crippen LogP contribution in [0.4, 0.5) is 11.4 Å². The van der Waals surface area contributed by atoms with Gasteiger partial charge in [0.2, 0.25) is 0 Å². The Balaban J connectivity index is 1.46. The van der Waals surface area contributed by atoms with Crippen molar-refractivity contribution in [1.82, 2.24) is 5.32 Å². The van der Waals surface area contributed by atoms with E-state index in [1.54, 1.807) is 0 Å². The Morgan fingerprint density at radius 1 is 1.20 bits per heavy atom. The summed E-state index contributed by atoms with van der Waals surface area (Å²) >= 11 is 5.44. The zero-order valence-corrected chi connectivity index (χ0v) is 16.1. The van der Waals surface area contributed by atoms with Crippen LogP contribution in [0.15, 0.2) is 42.5 Å². The maximum Gasteiger partial charge on any atom is 0.170 e. The van der Waals surface area contributed by atoms with Gasteiger partial charge in [0.15, 0.2) is 5.11 Å². The molecule has 1 atom stereocenters. The van der Waals surface area contributed by atoms with Crippen molar-refractivity contribution in [2.75, 3.05) is 23.3 Å². The maximum atomic E-state index is 5.44. The Morgan fingerprint density at radius 2 is 2.00 bits per heavy atom. The van der Waals surface area contributed by atoms with Crippen LogP contribution in [0.1, 0.15) is 30.0 Å². The number of nitrogens with zero attached hydrogens (tertiary/aromatic N) is 1. The number of hydrogen-bond acceptors (Lipinski definition) is 2. The molecule has 0 bridgehead atoms. The lowest BCUT2D eigenvalue weighted by Gasteiger charge is -2.25. The number of hydrogen-bond donors (Lipinski definition) is 2. The van der Waals surface area contributed by atoms with Gasteiger partial charge in [-0.3, -0.25) is 0 Å². The first-order valence-corrected chi connectivity index (χ1v) is 9.42. The Kier molecular flexibility index (Phi) is 5.59. The topological polar surface area (TPSA) is 27.3 Å². The minimum atomic E-state index is 0.581. The van der Waals surface area contributed by atoms with Crippen molar-refractivity contribution in [2.24, 2.45) is 0 Å². The molecule has 2 aromatic rings. The zero-order valence-electron chi connectivity index (χ0n) is 15.3. The average Bonchev–Trinajstić information content (AvgIpc) is 2.90. The summed E-state index contributed by atoms with van der Waals surface area (Å²) in [5.74, 6) is 0. The van der Waals surface area contributed by atoms with E-state index in [0.29, 0.717) is 11.2 Å². The Morgan fingerprint density at radius 3 is 2.84 bits per heavy atom. The molecule has 0 aromatic heterocycles. The number of fused-ring (bicyclic) bond motifs is 1. The van der Waals surface area contributed by atoms with E-state index in [4.69, 9.17) is 12.2 Å². The van der Waals surface area contributed by atoms with Crippen LogP contribution in [-0.4, -0.2) is 24.2 Å². The molecule has 2 aromatic carbocycles. The molecule has 25 heavy (non-hydrogen) atoms. The fourth-order valence-corrected chi connectivity index (χ4v) is 3.67. The van der Waals surface area contributed by atoms with Crippen molar-refractivity contribution in [2.45, 2.75) is 39.7 Å². The third-order valence-electron chi connectivity index (χ3n) is 4.85. The molecule has 0 aliphatic carbocycles. The van der Waals surface area contributed by atoms with Gasteiger partial charge in [0.05, 0.1) is 0 Å². The first kappa shape index (κ1) is 17.7. The SMILES string of the molecule is Cc1ccc(C)c(NC(=S)NCCCN2c3ccccc3C[C@@H]2C)c1. The number of aryl methyl sites for hydroxylation is 2. The molecule has 132 valence electrons. The molecular weight excluding hydrogens is 326 g/mol. The van der Waals surface area contributed by atoms with E-state index in [1.165, 1.54) is 22.4 Å². The highest BCUT2D eigenvalue weighted by atomic mass is 32.1. The van der Waals surface area contributed by atoms with E-state index in [1.807, 2.05) is 0 Å². The summed E-state index contributed by atoms with van der Waals surface area (Å²) < 4.78 is 0. The van der Waals surface area contributed by atoms with E-state index >= 15 is 0 Å². The fraction of sp³-hybridized carbons (Fsp3) is 0.381. The molecule has 4 heteroatoms. The molecule has 0 spiro atoms. The standard InChI is InChI=1S/C21H27N3S/c1-15-9-10-16(2)19(13-15)23-21(25)22-11-6-12-24-17(3)14-18-7-4-5-8-20(18)24/h4-5,7-10,13,17H,6,11-12,14H2,1-3H3,(H2,22,23,25)/t17-/m0/s1. The molecule has 0 amide bonds. The van der Waals surface area contributed by atoms with Gasteiger partial charge in [-0.1, -0.05) is 30.3 Å². The number of thiocarbonyl (C=S) groups is 1. The number of para-hydroxylation sites is 1. The third kappa shape index (κ3) is 4.31. The van der Waals surface area contributed by atoms with Gasteiger partial charge in [0, 0.05) is 30.5 Å². The summed E-state index contributed by atoms with van der Waals surface area (Å²) in [5.41, 5.74) is 6.38. The van der Waals surface area contributed by atoms with Crippen LogP contribution >= 0.6 is 12.2 Å². The van der Waals surface area contributed by atoms with Crippen molar-refractivity contribution in [3.63, 3.8) is 0 Å². The second kappa shape index (κ2) is 7.87. The highest BCUT2D eigenvalue weighted by molar-refractivity contribution is 7.80. The Labute approximate surface area is 156 Å². The van der Waals surface area contributed by atoms with Gasteiger partial charge in [0.1, 0.15) is 0 Å². The molecule has 0 unspecified atom stereocenters. The van der Waals surface area contributed by atoms with E-state index in [2.05, 4.69) is 78.8 Å². The smallest absolute Gasteiger partial charge is 0.170 e. The van der Waals surface area contributed by atoms with Gasteiger partial charge >= 0.3 is 0 Å². The van der Waals surface area contributed by atoms with Crippen LogP contribution in [0.5, 0.6) is 0 Å². The van der Waals surface area contributed by atoms with E-state index in [0.717, 1.165) is 31.6 Å². The van der Waals surface area contributed by atoms with E-state index in [9.17, 15) is 0 Å². The number of nitrogens with one attached hydrogen (secondary N) is 2. The van der Waals surface area contributed by atoms with Crippen LogP contribution in [0, 0.1) is 13.8 Å². The third-order valence-corrected chi connectivity index (χ3v) is 5.10. The van der Waals surface area contributed by atoms with Crippen molar-refractivity contribution in [3.8, 4) is 0 Å². The molecule has 0 fully saturated rings. The number of rotatable bonds is 5. The summed E-state index contributed by atoms with van der Waals surface area (Å²) in [6, 6.07) is 15.7. The molecule has 2 N–H and O–H groups in total. The van der Waals surface area contributed by atoms with Gasteiger partial charge in [0.25, 0.3) is 0 Å². The van der Waals surface area contributed by atoms with Crippen LogP contribution < -0.4 is 15.5 Å². The van der Waals surface area contributed by atoms with Crippen LogP contribution in [0.25, 0.3) is 0 Å². The molecule has 1 aliphatic heterocycles. The van der Waals surface area contributed by atoms with Crippen molar-refractivity contribution in [1.29, 1.82) is 0 Å². The van der Waals surface area contributed by atoms with E-state index < -0.39 is 0 Å². The highest BCUT2D eigenvalue weighted by Gasteiger charge is 2.24.